The molecule has 3 heterocycles. The molecule has 1 saturated carbocycles. The minimum atomic E-state index is -0.296. The first-order valence-corrected chi connectivity index (χ1v) is 9.39. The van der Waals surface area contributed by atoms with Crippen LogP contribution < -0.4 is 0 Å². The monoisotopic (exact) mass is 363 g/mol. The molecule has 0 N–H and O–H groups in total. The van der Waals surface area contributed by atoms with Crippen LogP contribution in [0.1, 0.15) is 43.3 Å². The molecule has 9 nitrogen and oxygen atoms in total. The van der Waals surface area contributed by atoms with Crippen molar-refractivity contribution in [1.29, 1.82) is 0 Å². The molecule has 0 bridgehead atoms. The first kappa shape index (κ1) is 17.3. The van der Waals surface area contributed by atoms with Crippen molar-refractivity contribution in [3.05, 3.63) is 11.7 Å². The topological polar surface area (TPSA) is 92.0 Å². The number of piperazine rings is 1. The van der Waals surface area contributed by atoms with Crippen molar-refractivity contribution in [2.75, 3.05) is 52.4 Å². The quantitative estimate of drug-likeness (QED) is 0.758. The molecule has 0 atom stereocenters. The van der Waals surface area contributed by atoms with E-state index in [1.54, 1.807) is 11.8 Å². The maximum atomic E-state index is 12.4. The van der Waals surface area contributed by atoms with Gasteiger partial charge in [-0.1, -0.05) is 5.16 Å². The maximum Gasteiger partial charge on any atom is 0.409 e. The Bertz CT molecular complexity index is 660. The predicted molar refractivity (Wildman–Crippen MR) is 90.6 cm³/mol. The molecule has 1 aromatic heterocycles. The van der Waals surface area contributed by atoms with E-state index in [2.05, 4.69) is 15.0 Å². The van der Waals surface area contributed by atoms with E-state index in [0.717, 1.165) is 31.8 Å². The van der Waals surface area contributed by atoms with Gasteiger partial charge in [-0.15, -0.1) is 0 Å². The number of amides is 2. The molecule has 2 amide bonds. The van der Waals surface area contributed by atoms with Crippen molar-refractivity contribution in [3.8, 4) is 0 Å². The van der Waals surface area contributed by atoms with Crippen LogP contribution in [0.15, 0.2) is 4.52 Å². The molecule has 0 unspecified atom stereocenters. The molecule has 9 heteroatoms. The second-order valence-corrected chi connectivity index (χ2v) is 7.22. The molecule has 0 aromatic carbocycles. The fourth-order valence-corrected chi connectivity index (χ4v) is 3.42. The third-order valence-corrected chi connectivity index (χ3v) is 5.22. The summed E-state index contributed by atoms with van der Waals surface area (Å²) in [6.07, 6.45) is 2.02. The third-order valence-electron chi connectivity index (χ3n) is 5.22. The highest BCUT2D eigenvalue weighted by Crippen LogP contribution is 2.39. The minimum Gasteiger partial charge on any atom is -0.450 e. The highest BCUT2D eigenvalue weighted by molar-refractivity contribution is 5.79. The number of likely N-dealkylation sites (tertiary alicyclic amines) is 1. The van der Waals surface area contributed by atoms with Gasteiger partial charge in [-0.2, -0.15) is 4.98 Å². The first-order valence-electron chi connectivity index (χ1n) is 9.39. The van der Waals surface area contributed by atoms with E-state index in [4.69, 9.17) is 9.26 Å². The zero-order valence-electron chi connectivity index (χ0n) is 15.1. The van der Waals surface area contributed by atoms with Gasteiger partial charge in [0.2, 0.25) is 11.8 Å². The van der Waals surface area contributed by atoms with E-state index < -0.39 is 0 Å². The molecule has 1 aliphatic carbocycles. The Morgan fingerprint density at radius 2 is 1.81 bits per heavy atom. The molecule has 26 heavy (non-hydrogen) atoms. The highest BCUT2D eigenvalue weighted by atomic mass is 16.6. The summed E-state index contributed by atoms with van der Waals surface area (Å²) in [6.45, 7) is 6.29. The molecule has 4 rings (SSSR count). The summed E-state index contributed by atoms with van der Waals surface area (Å²) >= 11 is 0. The fourth-order valence-electron chi connectivity index (χ4n) is 3.42. The summed E-state index contributed by atoms with van der Waals surface area (Å²) in [5, 5.41) is 4.05. The lowest BCUT2D eigenvalue weighted by Gasteiger charge is -2.39. The molecule has 142 valence electrons. The average molecular weight is 363 g/mol. The van der Waals surface area contributed by atoms with Gasteiger partial charge >= 0.3 is 6.09 Å². The van der Waals surface area contributed by atoms with Gasteiger partial charge < -0.3 is 19.1 Å². The van der Waals surface area contributed by atoms with Crippen LogP contribution in [0.3, 0.4) is 0 Å². The number of carbonyl (C=O) groups is 2. The summed E-state index contributed by atoms with van der Waals surface area (Å²) in [5.74, 6) is 2.39. The zero-order chi connectivity index (χ0) is 18.1. The first-order chi connectivity index (χ1) is 12.6. The van der Waals surface area contributed by atoms with Gasteiger partial charge in [0.05, 0.1) is 19.1 Å². The van der Waals surface area contributed by atoms with Gasteiger partial charge in [-0.05, 0) is 19.8 Å². The largest absolute Gasteiger partial charge is 0.450 e. The van der Waals surface area contributed by atoms with E-state index >= 15 is 0 Å². The number of rotatable bonds is 5. The van der Waals surface area contributed by atoms with E-state index in [0.29, 0.717) is 51.1 Å². The summed E-state index contributed by atoms with van der Waals surface area (Å²) in [4.78, 5) is 34.2. The Hall–Kier alpha value is -2.16. The molecule has 3 fully saturated rings. The standard InChI is InChI=1S/C17H25N5O4/c1-2-25-17(24)22-7-5-21(6-8-22)14(23)11-20-9-13(10-20)16-18-15(19-26-16)12-3-4-12/h12-13H,2-11H2,1H3. The third kappa shape index (κ3) is 3.67. The Morgan fingerprint density at radius 1 is 1.12 bits per heavy atom. The van der Waals surface area contributed by atoms with Crippen LogP contribution in [0.25, 0.3) is 0 Å². The molecular weight excluding hydrogens is 338 g/mol. The number of carbonyl (C=O) groups excluding carboxylic acids is 2. The van der Waals surface area contributed by atoms with Gasteiger partial charge in [0.15, 0.2) is 5.82 Å². The Balaban J connectivity index is 1.18. The van der Waals surface area contributed by atoms with E-state index in [1.807, 2.05) is 4.90 Å². The number of ether oxygens (including phenoxy) is 1. The van der Waals surface area contributed by atoms with Crippen LogP contribution in [0, 0.1) is 0 Å². The second-order valence-electron chi connectivity index (χ2n) is 7.22. The molecule has 0 spiro atoms. The van der Waals surface area contributed by atoms with Gasteiger partial charge in [0.25, 0.3) is 0 Å². The SMILES string of the molecule is CCOC(=O)N1CCN(C(=O)CN2CC(c3nc(C4CC4)no3)C2)CC1. The Kier molecular flexibility index (Phi) is 4.80. The molecule has 2 saturated heterocycles. The fraction of sp³-hybridized carbons (Fsp3) is 0.765. The minimum absolute atomic E-state index is 0.108. The predicted octanol–water partition coefficient (Wildman–Crippen LogP) is 0.647. The molecule has 1 aromatic rings. The van der Waals surface area contributed by atoms with E-state index in [1.165, 1.54) is 0 Å². The number of hydrogen-bond donors (Lipinski definition) is 0. The smallest absolute Gasteiger partial charge is 0.409 e. The Labute approximate surface area is 152 Å². The number of hydrogen-bond acceptors (Lipinski definition) is 7. The van der Waals surface area contributed by atoms with Crippen LogP contribution in [-0.2, 0) is 9.53 Å². The summed E-state index contributed by atoms with van der Waals surface area (Å²) in [6, 6.07) is 0. The lowest BCUT2D eigenvalue weighted by molar-refractivity contribution is -0.135. The van der Waals surface area contributed by atoms with Crippen LogP contribution in [0.4, 0.5) is 4.79 Å². The average Bonchev–Trinajstić information content (AvgIpc) is 3.36. The summed E-state index contributed by atoms with van der Waals surface area (Å²) < 4.78 is 10.4. The zero-order valence-corrected chi connectivity index (χ0v) is 15.1. The van der Waals surface area contributed by atoms with Crippen molar-refractivity contribution in [1.82, 2.24) is 24.8 Å². The Morgan fingerprint density at radius 3 is 2.46 bits per heavy atom. The van der Waals surface area contributed by atoms with Gasteiger partial charge in [0.1, 0.15) is 0 Å². The van der Waals surface area contributed by atoms with Crippen LogP contribution >= 0.6 is 0 Å². The van der Waals surface area contributed by atoms with Crippen LogP contribution in [0.2, 0.25) is 0 Å². The van der Waals surface area contributed by atoms with Gasteiger partial charge in [0, 0.05) is 45.2 Å². The lowest BCUT2D eigenvalue weighted by Crippen LogP contribution is -2.55. The molecule has 0 radical (unpaired) electrons. The van der Waals surface area contributed by atoms with Crippen LogP contribution in [0.5, 0.6) is 0 Å². The molecular formula is C17H25N5O4. The summed E-state index contributed by atoms with van der Waals surface area (Å²) in [5.41, 5.74) is 0. The number of aromatic nitrogens is 2. The number of nitrogens with zero attached hydrogens (tertiary/aromatic N) is 5. The molecule has 2 aliphatic heterocycles. The maximum absolute atomic E-state index is 12.4. The lowest BCUT2D eigenvalue weighted by atomic mass is 10.00. The van der Waals surface area contributed by atoms with Crippen molar-refractivity contribution in [2.45, 2.75) is 31.6 Å². The normalized spacial score (nSPS) is 21.6. The van der Waals surface area contributed by atoms with Crippen molar-refractivity contribution >= 4 is 12.0 Å². The highest BCUT2D eigenvalue weighted by Gasteiger charge is 2.36. The second kappa shape index (κ2) is 7.22. The van der Waals surface area contributed by atoms with Gasteiger partial charge in [-0.25, -0.2) is 4.79 Å². The van der Waals surface area contributed by atoms with E-state index in [9.17, 15) is 9.59 Å². The van der Waals surface area contributed by atoms with E-state index in [-0.39, 0.29) is 17.9 Å². The van der Waals surface area contributed by atoms with Crippen molar-refractivity contribution < 1.29 is 18.8 Å². The van der Waals surface area contributed by atoms with Crippen molar-refractivity contribution in [2.24, 2.45) is 0 Å². The van der Waals surface area contributed by atoms with Crippen molar-refractivity contribution in [3.63, 3.8) is 0 Å². The summed E-state index contributed by atoms with van der Waals surface area (Å²) in [7, 11) is 0. The molecule has 3 aliphatic rings. The van der Waals surface area contributed by atoms with Crippen LogP contribution in [-0.4, -0.2) is 89.3 Å². The van der Waals surface area contributed by atoms with Gasteiger partial charge in [-0.3, -0.25) is 9.69 Å².